The molecule has 0 fully saturated rings. The highest BCUT2D eigenvalue weighted by atomic mass is 35.5. The Hall–Kier alpha value is -4.03. The molecule has 31 heavy (non-hydrogen) atoms. The summed E-state index contributed by atoms with van der Waals surface area (Å²) >= 11 is 6.28. The van der Waals surface area contributed by atoms with E-state index < -0.39 is 12.1 Å². The normalized spacial score (nSPS) is 11.8. The van der Waals surface area contributed by atoms with Gasteiger partial charge >= 0.3 is 6.08 Å². The molecule has 8 nitrogen and oxygen atoms in total. The van der Waals surface area contributed by atoms with E-state index >= 15 is 0 Å². The Morgan fingerprint density at radius 1 is 1.16 bits per heavy atom. The van der Waals surface area contributed by atoms with E-state index in [9.17, 15) is 14.4 Å². The molecule has 0 aliphatic rings. The number of benzene rings is 2. The molecule has 2 aromatic heterocycles. The van der Waals surface area contributed by atoms with Crippen LogP contribution >= 0.6 is 11.6 Å². The van der Waals surface area contributed by atoms with Gasteiger partial charge in [0, 0.05) is 0 Å². The van der Waals surface area contributed by atoms with Crippen molar-refractivity contribution < 1.29 is 4.39 Å². The molecule has 0 radical (unpaired) electrons. The molecule has 0 spiro atoms. The zero-order chi connectivity index (χ0) is 22.1. The summed E-state index contributed by atoms with van der Waals surface area (Å²) in [5, 5.41) is 12.9. The minimum Gasteiger partial charge on any atom is -0.382 e. The summed E-state index contributed by atoms with van der Waals surface area (Å²) in [6, 6.07) is 15.1. The first-order chi connectivity index (χ1) is 14.9. The van der Waals surface area contributed by atoms with Crippen LogP contribution in [0.25, 0.3) is 16.6 Å². The molecular formula is C21H15ClFN7O. The highest BCUT2D eigenvalue weighted by molar-refractivity contribution is 6.35. The molecule has 4 aromatic rings. The molecular weight excluding hydrogens is 421 g/mol. The van der Waals surface area contributed by atoms with Gasteiger partial charge in [-0.05, 0) is 31.2 Å². The fourth-order valence-corrected chi connectivity index (χ4v) is 3.51. The number of para-hydroxylation sites is 1. The smallest absolute Gasteiger partial charge is 0.312 e. The highest BCUT2D eigenvalue weighted by Crippen LogP contribution is 2.26. The minimum absolute atomic E-state index is 0.0972. The van der Waals surface area contributed by atoms with E-state index in [-0.39, 0.29) is 33.2 Å². The third-order valence-electron chi connectivity index (χ3n) is 4.65. The van der Waals surface area contributed by atoms with Crippen LogP contribution < -0.4 is 16.6 Å². The van der Waals surface area contributed by atoms with Crippen LogP contribution in [0, 0.1) is 17.4 Å². The van der Waals surface area contributed by atoms with E-state index in [1.54, 1.807) is 49.4 Å². The number of anilines is 2. The first kappa shape index (κ1) is 20.3. The topological polar surface area (TPSA) is 123 Å². The molecule has 4 rings (SSSR count). The van der Waals surface area contributed by atoms with Gasteiger partial charge in [-0.15, -0.1) is 0 Å². The van der Waals surface area contributed by atoms with Gasteiger partial charge in [0.1, 0.15) is 23.3 Å². The number of hydrogen-bond donors (Lipinski definition) is 2. The van der Waals surface area contributed by atoms with Crippen LogP contribution in [0.1, 0.15) is 24.4 Å². The van der Waals surface area contributed by atoms with Crippen LogP contribution in [0.15, 0.2) is 53.3 Å². The summed E-state index contributed by atoms with van der Waals surface area (Å²) in [5.41, 5.74) is 6.15. The second kappa shape index (κ2) is 8.01. The van der Waals surface area contributed by atoms with Crippen LogP contribution in [0.2, 0.25) is 5.02 Å². The fraction of sp³-hybridized carbons (Fsp3) is 0.0952. The number of hydrogen-bond acceptors (Lipinski definition) is 7. The van der Waals surface area contributed by atoms with E-state index in [2.05, 4.69) is 20.3 Å². The Balaban J connectivity index is 1.94. The minimum atomic E-state index is -1.08. The third kappa shape index (κ3) is 3.65. The van der Waals surface area contributed by atoms with Crippen molar-refractivity contribution in [1.29, 1.82) is 5.26 Å². The Labute approximate surface area is 180 Å². The van der Waals surface area contributed by atoms with Crippen LogP contribution in [-0.2, 0) is 0 Å². The van der Waals surface area contributed by atoms with Gasteiger partial charge in [0.15, 0.2) is 5.82 Å². The fourth-order valence-electron chi connectivity index (χ4n) is 3.26. The number of nitrogens with two attached hydrogens (primary N) is 1. The zero-order valence-electron chi connectivity index (χ0n) is 16.2. The van der Waals surface area contributed by atoms with Crippen molar-refractivity contribution in [3.63, 3.8) is 0 Å². The largest absolute Gasteiger partial charge is 0.382 e. The molecule has 2 aromatic carbocycles. The Morgan fingerprint density at radius 2 is 1.90 bits per heavy atom. The number of nitrogens with zero attached hydrogens (tertiary/aromatic N) is 5. The number of halogens is 2. The van der Waals surface area contributed by atoms with E-state index in [1.807, 2.05) is 12.1 Å². The summed E-state index contributed by atoms with van der Waals surface area (Å²) in [7, 11) is 0. The molecule has 0 aliphatic heterocycles. The maximum Gasteiger partial charge on any atom is 0.312 e. The van der Waals surface area contributed by atoms with Crippen molar-refractivity contribution in [2.75, 3.05) is 11.1 Å². The van der Waals surface area contributed by atoms with Crippen LogP contribution in [-0.4, -0.2) is 19.5 Å². The van der Waals surface area contributed by atoms with Gasteiger partial charge in [0.05, 0.1) is 27.7 Å². The summed E-state index contributed by atoms with van der Waals surface area (Å²) < 4.78 is 15.1. The standard InChI is InChI=1S/C21H15ClFN7O/c1-11(26-18-13(10-24)17(25)28-21(23)29-18)19-27-15-9-5-8-14(22)16(15)20(31)30(19)12-6-3-2-4-7-12/h2-9,11H,1H3,(H3,25,26,28,29). The maximum atomic E-state index is 13.7. The SMILES string of the molecule is CC(Nc1nc(F)nc(N)c1C#N)c1nc2cccc(Cl)c2c(=O)n1-c1ccccc1. The van der Waals surface area contributed by atoms with Gasteiger partial charge in [-0.2, -0.15) is 19.6 Å². The quantitative estimate of drug-likeness (QED) is 0.469. The van der Waals surface area contributed by atoms with E-state index in [1.165, 1.54) is 4.57 Å². The van der Waals surface area contributed by atoms with Crippen molar-refractivity contribution in [3.8, 4) is 11.8 Å². The van der Waals surface area contributed by atoms with E-state index in [4.69, 9.17) is 17.3 Å². The molecule has 3 N–H and O–H groups in total. The van der Waals surface area contributed by atoms with Gasteiger partial charge < -0.3 is 11.1 Å². The first-order valence-corrected chi connectivity index (χ1v) is 9.54. The monoisotopic (exact) mass is 435 g/mol. The molecule has 0 amide bonds. The molecule has 1 atom stereocenters. The molecule has 0 bridgehead atoms. The van der Waals surface area contributed by atoms with Crippen molar-refractivity contribution in [3.05, 3.63) is 81.4 Å². The maximum absolute atomic E-state index is 13.7. The number of fused-ring (bicyclic) bond motifs is 1. The van der Waals surface area contributed by atoms with Crippen molar-refractivity contribution >= 4 is 34.1 Å². The predicted molar refractivity (Wildman–Crippen MR) is 116 cm³/mol. The van der Waals surface area contributed by atoms with Crippen LogP contribution in [0.5, 0.6) is 0 Å². The molecule has 2 heterocycles. The number of aromatic nitrogens is 4. The van der Waals surface area contributed by atoms with Crippen molar-refractivity contribution in [2.24, 2.45) is 0 Å². The van der Waals surface area contributed by atoms with E-state index in [0.29, 0.717) is 17.0 Å². The van der Waals surface area contributed by atoms with Crippen molar-refractivity contribution in [1.82, 2.24) is 19.5 Å². The predicted octanol–water partition coefficient (Wildman–Crippen LogP) is 3.60. The average molecular weight is 436 g/mol. The van der Waals surface area contributed by atoms with Crippen LogP contribution in [0.3, 0.4) is 0 Å². The Kier molecular flexibility index (Phi) is 5.23. The van der Waals surface area contributed by atoms with Gasteiger partial charge in [-0.3, -0.25) is 9.36 Å². The molecule has 0 saturated carbocycles. The summed E-state index contributed by atoms with van der Waals surface area (Å²) in [6.45, 7) is 1.70. The second-order valence-corrected chi connectivity index (χ2v) is 7.07. The lowest BCUT2D eigenvalue weighted by atomic mass is 10.2. The Morgan fingerprint density at radius 3 is 2.61 bits per heavy atom. The average Bonchev–Trinajstić information content (AvgIpc) is 2.74. The van der Waals surface area contributed by atoms with Gasteiger partial charge in [-0.1, -0.05) is 35.9 Å². The number of nitriles is 1. The molecule has 1 unspecified atom stereocenters. The third-order valence-corrected chi connectivity index (χ3v) is 4.96. The van der Waals surface area contributed by atoms with Gasteiger partial charge in [-0.25, -0.2) is 4.98 Å². The summed E-state index contributed by atoms with van der Waals surface area (Å²) in [5.74, 6) is -0.0732. The molecule has 0 aliphatic carbocycles. The Bertz CT molecular complexity index is 1400. The number of rotatable bonds is 4. The zero-order valence-corrected chi connectivity index (χ0v) is 16.9. The summed E-state index contributed by atoms with van der Waals surface area (Å²) in [6.07, 6.45) is -1.08. The lowest BCUT2D eigenvalue weighted by Gasteiger charge is -2.20. The molecule has 154 valence electrons. The number of nitrogen functional groups attached to an aromatic ring is 1. The van der Waals surface area contributed by atoms with Crippen molar-refractivity contribution in [2.45, 2.75) is 13.0 Å². The highest BCUT2D eigenvalue weighted by Gasteiger charge is 2.22. The lowest BCUT2D eigenvalue weighted by molar-refractivity contribution is 0.540. The molecule has 10 heteroatoms. The van der Waals surface area contributed by atoms with Crippen LogP contribution in [0.4, 0.5) is 16.0 Å². The molecule has 0 saturated heterocycles. The van der Waals surface area contributed by atoms with Gasteiger partial charge in [0.2, 0.25) is 0 Å². The first-order valence-electron chi connectivity index (χ1n) is 9.17. The van der Waals surface area contributed by atoms with E-state index in [0.717, 1.165) is 0 Å². The van der Waals surface area contributed by atoms with Gasteiger partial charge in [0.25, 0.3) is 5.56 Å². The second-order valence-electron chi connectivity index (χ2n) is 6.66. The summed E-state index contributed by atoms with van der Waals surface area (Å²) in [4.78, 5) is 25.1. The lowest BCUT2D eigenvalue weighted by Crippen LogP contribution is -2.28. The number of nitrogens with one attached hydrogen (secondary N) is 1.